The van der Waals surface area contributed by atoms with E-state index in [9.17, 15) is 4.79 Å². The number of carbonyl (C=O) groups excluding carboxylic acids is 1. The number of thiazole rings is 1. The summed E-state index contributed by atoms with van der Waals surface area (Å²) in [4.78, 5) is 16.6. The molecule has 1 aromatic rings. The average molecular weight is 264 g/mol. The monoisotopic (exact) mass is 264 g/mol. The first kappa shape index (κ1) is 13.3. The first-order valence-corrected chi connectivity index (χ1v) is 7.30. The van der Waals surface area contributed by atoms with Crippen LogP contribution < -0.4 is 5.32 Å². The van der Waals surface area contributed by atoms with Gasteiger partial charge in [0.2, 0.25) is 5.91 Å². The van der Waals surface area contributed by atoms with Gasteiger partial charge in [-0.2, -0.15) is 0 Å². The van der Waals surface area contributed by atoms with Crippen molar-refractivity contribution in [3.05, 3.63) is 22.9 Å². The Kier molecular flexibility index (Phi) is 4.17. The molecule has 0 aliphatic heterocycles. The van der Waals surface area contributed by atoms with Crippen molar-refractivity contribution in [2.45, 2.75) is 40.0 Å². The molecule has 0 saturated carbocycles. The fraction of sp³-hybridized carbons (Fsp3) is 0.571. The van der Waals surface area contributed by atoms with Gasteiger partial charge in [0, 0.05) is 5.92 Å². The Morgan fingerprint density at radius 1 is 1.50 bits per heavy atom. The molecule has 1 N–H and O–H groups in total. The van der Waals surface area contributed by atoms with Crippen molar-refractivity contribution in [2.24, 2.45) is 11.8 Å². The fourth-order valence-electron chi connectivity index (χ4n) is 2.14. The van der Waals surface area contributed by atoms with Gasteiger partial charge in [-0.05, 0) is 32.1 Å². The summed E-state index contributed by atoms with van der Waals surface area (Å²) < 4.78 is 0. The van der Waals surface area contributed by atoms with Gasteiger partial charge in [0.25, 0.3) is 0 Å². The van der Waals surface area contributed by atoms with Crippen LogP contribution in [0.25, 0.3) is 0 Å². The topological polar surface area (TPSA) is 42.0 Å². The van der Waals surface area contributed by atoms with Crippen LogP contribution in [0.4, 0.5) is 5.00 Å². The van der Waals surface area contributed by atoms with Gasteiger partial charge in [-0.15, -0.1) is 11.3 Å². The van der Waals surface area contributed by atoms with Crippen molar-refractivity contribution >= 4 is 22.2 Å². The predicted molar refractivity (Wildman–Crippen MR) is 75.9 cm³/mol. The molecule has 0 unspecified atom stereocenters. The minimum atomic E-state index is 0.110. The lowest BCUT2D eigenvalue weighted by atomic mass is 10.1. The summed E-state index contributed by atoms with van der Waals surface area (Å²) in [5.41, 5.74) is 1.03. The molecule has 0 aromatic carbocycles. The Labute approximate surface area is 112 Å². The fourth-order valence-corrected chi connectivity index (χ4v) is 2.99. The number of aromatic nitrogens is 1. The lowest BCUT2D eigenvalue weighted by Gasteiger charge is -2.10. The molecular formula is C14H20N2OS. The molecule has 2 rings (SSSR count). The minimum absolute atomic E-state index is 0.110. The zero-order valence-electron chi connectivity index (χ0n) is 11.2. The van der Waals surface area contributed by atoms with Crippen LogP contribution in [0.3, 0.4) is 0 Å². The zero-order chi connectivity index (χ0) is 13.1. The Balaban J connectivity index is 2.05. The third kappa shape index (κ3) is 3.19. The number of nitrogens with zero attached hydrogens (tertiary/aromatic N) is 1. The molecule has 0 saturated heterocycles. The summed E-state index contributed by atoms with van der Waals surface area (Å²) in [6.45, 7) is 6.32. The maximum Gasteiger partial charge on any atom is 0.228 e. The molecule has 1 aliphatic carbocycles. The van der Waals surface area contributed by atoms with E-state index in [2.05, 4.69) is 36.3 Å². The average Bonchev–Trinajstić information content (AvgIpc) is 2.88. The summed E-state index contributed by atoms with van der Waals surface area (Å²) >= 11 is 1.58. The number of amides is 1. The molecule has 1 amide bonds. The van der Waals surface area contributed by atoms with Gasteiger partial charge >= 0.3 is 0 Å². The number of carbonyl (C=O) groups is 1. The van der Waals surface area contributed by atoms with E-state index in [-0.39, 0.29) is 11.8 Å². The summed E-state index contributed by atoms with van der Waals surface area (Å²) in [5.74, 6) is 0.795. The maximum atomic E-state index is 12.1. The molecule has 0 fully saturated rings. The minimum Gasteiger partial charge on any atom is -0.316 e. The standard InChI is InChI=1S/C14H20N2OS/c1-9(2)8-12-14(18-10(3)15-12)16-13(17)11-6-4-5-7-11/h4-5,9,11H,6-8H2,1-3H3,(H,16,17). The number of anilines is 1. The number of hydrogen-bond donors (Lipinski definition) is 1. The molecular weight excluding hydrogens is 244 g/mol. The Bertz CT molecular complexity index is 454. The molecule has 0 spiro atoms. The van der Waals surface area contributed by atoms with E-state index in [1.807, 2.05) is 6.92 Å². The quantitative estimate of drug-likeness (QED) is 0.845. The third-order valence-corrected chi connectivity index (χ3v) is 3.95. The second kappa shape index (κ2) is 5.65. The Morgan fingerprint density at radius 3 is 2.78 bits per heavy atom. The van der Waals surface area contributed by atoms with E-state index in [0.29, 0.717) is 5.92 Å². The second-order valence-electron chi connectivity index (χ2n) is 5.24. The van der Waals surface area contributed by atoms with Crippen molar-refractivity contribution < 1.29 is 4.79 Å². The summed E-state index contributed by atoms with van der Waals surface area (Å²) in [7, 11) is 0. The molecule has 3 nitrogen and oxygen atoms in total. The van der Waals surface area contributed by atoms with E-state index < -0.39 is 0 Å². The summed E-state index contributed by atoms with van der Waals surface area (Å²) in [6.07, 6.45) is 6.81. The number of hydrogen-bond acceptors (Lipinski definition) is 3. The molecule has 18 heavy (non-hydrogen) atoms. The van der Waals surface area contributed by atoms with Gasteiger partial charge < -0.3 is 5.32 Å². The van der Waals surface area contributed by atoms with E-state index in [4.69, 9.17) is 0 Å². The van der Waals surface area contributed by atoms with Crippen molar-refractivity contribution in [1.29, 1.82) is 0 Å². The van der Waals surface area contributed by atoms with Gasteiger partial charge in [-0.1, -0.05) is 26.0 Å². The summed E-state index contributed by atoms with van der Waals surface area (Å²) in [5, 5.41) is 5.02. The van der Waals surface area contributed by atoms with E-state index in [1.165, 1.54) is 0 Å². The van der Waals surface area contributed by atoms with Crippen LogP contribution >= 0.6 is 11.3 Å². The van der Waals surface area contributed by atoms with Gasteiger partial charge in [0.15, 0.2) is 0 Å². The number of aryl methyl sites for hydroxylation is 1. The molecule has 1 aliphatic rings. The van der Waals surface area contributed by atoms with Gasteiger partial charge in [0.05, 0.1) is 10.7 Å². The first-order chi connectivity index (χ1) is 8.56. The van der Waals surface area contributed by atoms with Crippen molar-refractivity contribution in [3.63, 3.8) is 0 Å². The lowest BCUT2D eigenvalue weighted by Crippen LogP contribution is -2.20. The highest BCUT2D eigenvalue weighted by atomic mass is 32.1. The molecule has 0 bridgehead atoms. The van der Waals surface area contributed by atoms with Crippen LogP contribution in [0.2, 0.25) is 0 Å². The highest BCUT2D eigenvalue weighted by molar-refractivity contribution is 7.16. The normalized spacial score (nSPS) is 15.6. The molecule has 0 atom stereocenters. The van der Waals surface area contributed by atoms with Crippen molar-refractivity contribution in [1.82, 2.24) is 4.98 Å². The number of rotatable bonds is 4. The van der Waals surface area contributed by atoms with Crippen LogP contribution in [0.15, 0.2) is 12.2 Å². The second-order valence-corrected chi connectivity index (χ2v) is 6.44. The third-order valence-electron chi connectivity index (χ3n) is 3.02. The molecule has 4 heteroatoms. The van der Waals surface area contributed by atoms with Crippen molar-refractivity contribution in [3.8, 4) is 0 Å². The van der Waals surface area contributed by atoms with Gasteiger partial charge in [-0.3, -0.25) is 4.79 Å². The van der Waals surface area contributed by atoms with Crippen LogP contribution in [0.5, 0.6) is 0 Å². The van der Waals surface area contributed by atoms with Gasteiger partial charge in [-0.25, -0.2) is 4.98 Å². The zero-order valence-corrected chi connectivity index (χ0v) is 12.0. The van der Waals surface area contributed by atoms with E-state index in [1.54, 1.807) is 11.3 Å². The van der Waals surface area contributed by atoms with E-state index in [0.717, 1.165) is 35.0 Å². The maximum absolute atomic E-state index is 12.1. The summed E-state index contributed by atoms with van der Waals surface area (Å²) in [6, 6.07) is 0. The van der Waals surface area contributed by atoms with Crippen LogP contribution in [-0.4, -0.2) is 10.9 Å². The molecule has 1 heterocycles. The Morgan fingerprint density at radius 2 is 2.17 bits per heavy atom. The number of allylic oxidation sites excluding steroid dienone is 2. The molecule has 0 radical (unpaired) electrons. The largest absolute Gasteiger partial charge is 0.316 e. The highest BCUT2D eigenvalue weighted by Gasteiger charge is 2.21. The van der Waals surface area contributed by atoms with Crippen LogP contribution in [-0.2, 0) is 11.2 Å². The smallest absolute Gasteiger partial charge is 0.228 e. The SMILES string of the molecule is Cc1nc(CC(C)C)c(NC(=O)C2CC=CC2)s1. The highest BCUT2D eigenvalue weighted by Crippen LogP contribution is 2.28. The Hall–Kier alpha value is -1.16. The van der Waals surface area contributed by atoms with Gasteiger partial charge in [0.1, 0.15) is 5.00 Å². The van der Waals surface area contributed by atoms with E-state index >= 15 is 0 Å². The first-order valence-electron chi connectivity index (χ1n) is 6.48. The molecule has 98 valence electrons. The molecule has 1 aromatic heterocycles. The predicted octanol–water partition coefficient (Wildman–Crippen LogP) is 3.55. The van der Waals surface area contributed by atoms with Crippen LogP contribution in [0.1, 0.15) is 37.4 Å². The number of nitrogens with one attached hydrogen (secondary N) is 1. The van der Waals surface area contributed by atoms with Crippen LogP contribution in [0, 0.1) is 18.8 Å². The lowest BCUT2D eigenvalue weighted by molar-refractivity contribution is -0.119. The van der Waals surface area contributed by atoms with Crippen molar-refractivity contribution in [2.75, 3.05) is 5.32 Å².